The highest BCUT2D eigenvalue weighted by atomic mass is 32.1. The summed E-state index contributed by atoms with van der Waals surface area (Å²) in [6.07, 6.45) is 3.78. The van der Waals surface area contributed by atoms with Crippen LogP contribution in [0.2, 0.25) is 0 Å². The van der Waals surface area contributed by atoms with Gasteiger partial charge in [0.25, 0.3) is 0 Å². The second-order valence-corrected chi connectivity index (χ2v) is 5.45. The van der Waals surface area contributed by atoms with Gasteiger partial charge in [0, 0.05) is 9.75 Å². The van der Waals surface area contributed by atoms with E-state index in [0.717, 1.165) is 36.4 Å². The molecule has 1 aromatic heterocycles. The number of nitriles is 1. The minimum atomic E-state index is 0.912. The Labute approximate surface area is 114 Å². The Morgan fingerprint density at radius 1 is 1.44 bits per heavy atom. The molecular formula is C15H20N2S. The first-order chi connectivity index (χ1) is 8.72. The highest BCUT2D eigenvalue weighted by Crippen LogP contribution is 2.29. The average molecular weight is 260 g/mol. The van der Waals surface area contributed by atoms with Gasteiger partial charge >= 0.3 is 0 Å². The molecule has 0 unspecified atom stereocenters. The second kappa shape index (κ2) is 7.86. The number of piperidine rings is 1. The lowest BCUT2D eigenvalue weighted by Crippen LogP contribution is -2.23. The smallest absolute Gasteiger partial charge is 0.101 e. The number of hydrogen-bond donors (Lipinski definition) is 1. The maximum atomic E-state index is 9.22. The summed E-state index contributed by atoms with van der Waals surface area (Å²) in [5.41, 5.74) is 2.23. The molecule has 1 saturated heterocycles. The summed E-state index contributed by atoms with van der Waals surface area (Å²) < 4.78 is 0. The molecular weight excluding hydrogens is 240 g/mol. The highest BCUT2D eigenvalue weighted by Gasteiger charge is 2.13. The predicted molar refractivity (Wildman–Crippen MR) is 79.6 cm³/mol. The molecule has 1 aliphatic heterocycles. The highest BCUT2D eigenvalue weighted by molar-refractivity contribution is 7.13. The molecule has 1 aliphatic rings. The lowest BCUT2D eigenvalue weighted by atomic mass is 9.99. The van der Waals surface area contributed by atoms with E-state index < -0.39 is 0 Å². The number of nitrogens with zero attached hydrogens (tertiary/aromatic N) is 1. The number of rotatable bonds is 1. The third kappa shape index (κ3) is 4.14. The Morgan fingerprint density at radius 2 is 2.06 bits per heavy atom. The SMILES string of the molecule is C=CC.Cc1ccc(C(C#N)=C2CCNCC2)s1. The van der Waals surface area contributed by atoms with E-state index in [0.29, 0.717) is 0 Å². The van der Waals surface area contributed by atoms with Crippen LogP contribution in [0, 0.1) is 18.3 Å². The maximum absolute atomic E-state index is 9.22. The summed E-state index contributed by atoms with van der Waals surface area (Å²) >= 11 is 1.71. The molecule has 0 saturated carbocycles. The van der Waals surface area contributed by atoms with Crippen molar-refractivity contribution in [2.45, 2.75) is 26.7 Å². The van der Waals surface area contributed by atoms with Crippen molar-refractivity contribution in [1.82, 2.24) is 5.32 Å². The van der Waals surface area contributed by atoms with Crippen LogP contribution in [0.25, 0.3) is 5.57 Å². The van der Waals surface area contributed by atoms with Crippen molar-refractivity contribution in [3.63, 3.8) is 0 Å². The van der Waals surface area contributed by atoms with Gasteiger partial charge in [-0.15, -0.1) is 17.9 Å². The lowest BCUT2D eigenvalue weighted by molar-refractivity contribution is 0.612. The van der Waals surface area contributed by atoms with Gasteiger partial charge in [-0.3, -0.25) is 0 Å². The predicted octanol–water partition coefficient (Wildman–Crippen LogP) is 3.91. The fraction of sp³-hybridized carbons (Fsp3) is 0.400. The number of thiophene rings is 1. The first-order valence-electron chi connectivity index (χ1n) is 6.19. The van der Waals surface area contributed by atoms with Crippen molar-refractivity contribution in [1.29, 1.82) is 5.26 Å². The van der Waals surface area contributed by atoms with Gasteiger partial charge in [-0.1, -0.05) is 6.08 Å². The van der Waals surface area contributed by atoms with Gasteiger partial charge in [0.1, 0.15) is 6.07 Å². The Hall–Kier alpha value is -1.37. The van der Waals surface area contributed by atoms with E-state index in [1.807, 2.05) is 6.92 Å². The van der Waals surface area contributed by atoms with Crippen LogP contribution in [0.5, 0.6) is 0 Å². The molecule has 3 heteroatoms. The van der Waals surface area contributed by atoms with Gasteiger partial charge < -0.3 is 5.32 Å². The molecule has 1 fully saturated rings. The molecule has 0 amide bonds. The Bertz CT molecular complexity index is 455. The molecule has 96 valence electrons. The minimum absolute atomic E-state index is 0.912. The van der Waals surface area contributed by atoms with Gasteiger partial charge in [-0.05, 0) is 57.5 Å². The third-order valence-corrected chi connectivity index (χ3v) is 3.68. The summed E-state index contributed by atoms with van der Waals surface area (Å²) in [5, 5.41) is 12.5. The van der Waals surface area contributed by atoms with E-state index in [4.69, 9.17) is 0 Å². The van der Waals surface area contributed by atoms with E-state index in [9.17, 15) is 5.26 Å². The van der Waals surface area contributed by atoms with Gasteiger partial charge in [-0.2, -0.15) is 5.26 Å². The first-order valence-corrected chi connectivity index (χ1v) is 7.01. The number of nitrogens with one attached hydrogen (secondary N) is 1. The average Bonchev–Trinajstić information content (AvgIpc) is 2.79. The zero-order valence-corrected chi connectivity index (χ0v) is 11.9. The topological polar surface area (TPSA) is 35.8 Å². The monoisotopic (exact) mass is 260 g/mol. The largest absolute Gasteiger partial charge is 0.316 e. The van der Waals surface area contributed by atoms with Crippen molar-refractivity contribution >= 4 is 16.9 Å². The molecule has 2 heterocycles. The van der Waals surface area contributed by atoms with Crippen molar-refractivity contribution in [2.75, 3.05) is 13.1 Å². The maximum Gasteiger partial charge on any atom is 0.101 e. The van der Waals surface area contributed by atoms with Crippen LogP contribution in [0.3, 0.4) is 0 Å². The van der Waals surface area contributed by atoms with E-state index in [-0.39, 0.29) is 0 Å². The molecule has 0 radical (unpaired) electrons. The van der Waals surface area contributed by atoms with Crippen LogP contribution in [0.15, 0.2) is 30.4 Å². The Kier molecular flexibility index (Phi) is 6.42. The zero-order valence-electron chi connectivity index (χ0n) is 11.1. The molecule has 0 aromatic carbocycles. The quantitative estimate of drug-likeness (QED) is 0.614. The van der Waals surface area contributed by atoms with Crippen LogP contribution < -0.4 is 5.32 Å². The molecule has 1 N–H and O–H groups in total. The molecule has 0 spiro atoms. The number of hydrogen-bond acceptors (Lipinski definition) is 3. The summed E-state index contributed by atoms with van der Waals surface area (Å²) in [6, 6.07) is 6.51. The van der Waals surface area contributed by atoms with Crippen molar-refractivity contribution in [3.05, 3.63) is 40.1 Å². The summed E-state index contributed by atoms with van der Waals surface area (Å²) in [7, 11) is 0. The molecule has 0 atom stereocenters. The van der Waals surface area contributed by atoms with Crippen LogP contribution in [-0.4, -0.2) is 13.1 Å². The van der Waals surface area contributed by atoms with Crippen LogP contribution >= 0.6 is 11.3 Å². The molecule has 18 heavy (non-hydrogen) atoms. The van der Waals surface area contributed by atoms with Crippen LogP contribution in [0.1, 0.15) is 29.5 Å². The van der Waals surface area contributed by atoms with E-state index in [1.165, 1.54) is 10.5 Å². The molecule has 0 aliphatic carbocycles. The van der Waals surface area contributed by atoms with E-state index in [2.05, 4.69) is 37.0 Å². The Morgan fingerprint density at radius 3 is 2.50 bits per heavy atom. The number of allylic oxidation sites excluding steroid dienone is 2. The number of aryl methyl sites for hydroxylation is 1. The summed E-state index contributed by atoms with van der Waals surface area (Å²) in [5.74, 6) is 0. The molecule has 2 rings (SSSR count). The second-order valence-electron chi connectivity index (χ2n) is 4.16. The molecule has 1 aromatic rings. The van der Waals surface area contributed by atoms with Crippen molar-refractivity contribution in [3.8, 4) is 6.07 Å². The van der Waals surface area contributed by atoms with Gasteiger partial charge in [0.05, 0.1) is 5.57 Å². The normalized spacial score (nSPS) is 14.2. The molecule has 2 nitrogen and oxygen atoms in total. The lowest BCUT2D eigenvalue weighted by Gasteiger charge is -2.16. The summed E-state index contributed by atoms with van der Waals surface area (Å²) in [6.45, 7) is 9.34. The van der Waals surface area contributed by atoms with Crippen LogP contribution in [0.4, 0.5) is 0 Å². The van der Waals surface area contributed by atoms with E-state index >= 15 is 0 Å². The minimum Gasteiger partial charge on any atom is -0.316 e. The standard InChI is InChI=1S/C12H14N2S.C3H6/c1-9-2-3-12(15-9)11(8-13)10-4-6-14-7-5-10;1-3-2/h2-3,14H,4-7H2,1H3;3H,1H2,2H3. The fourth-order valence-electron chi connectivity index (χ4n) is 1.86. The van der Waals surface area contributed by atoms with Crippen molar-refractivity contribution in [2.24, 2.45) is 0 Å². The van der Waals surface area contributed by atoms with Gasteiger partial charge in [0.15, 0.2) is 0 Å². The first kappa shape index (κ1) is 14.7. The Balaban J connectivity index is 0.000000492. The summed E-state index contributed by atoms with van der Waals surface area (Å²) in [4.78, 5) is 2.40. The van der Waals surface area contributed by atoms with Crippen LogP contribution in [-0.2, 0) is 0 Å². The van der Waals surface area contributed by atoms with Gasteiger partial charge in [-0.25, -0.2) is 0 Å². The van der Waals surface area contributed by atoms with Gasteiger partial charge in [0.2, 0.25) is 0 Å². The fourth-order valence-corrected chi connectivity index (χ4v) is 2.77. The molecule has 0 bridgehead atoms. The van der Waals surface area contributed by atoms with E-state index in [1.54, 1.807) is 17.4 Å². The van der Waals surface area contributed by atoms with Crippen molar-refractivity contribution < 1.29 is 0 Å². The third-order valence-electron chi connectivity index (χ3n) is 2.66. The zero-order chi connectivity index (χ0) is 13.4.